The summed E-state index contributed by atoms with van der Waals surface area (Å²) in [5.41, 5.74) is 5.90. The van der Waals surface area contributed by atoms with Crippen LogP contribution in [-0.2, 0) is 9.53 Å². The maximum Gasteiger partial charge on any atom is 0.242 e. The molecule has 5 heteroatoms. The zero-order chi connectivity index (χ0) is 12.3. The van der Waals surface area contributed by atoms with Gasteiger partial charge >= 0.3 is 0 Å². The molecule has 1 aromatic heterocycles. The van der Waals surface area contributed by atoms with E-state index < -0.39 is 6.04 Å². The summed E-state index contributed by atoms with van der Waals surface area (Å²) in [5.74, 6) is -0.0887. The molecule has 0 radical (unpaired) electrons. The summed E-state index contributed by atoms with van der Waals surface area (Å²) in [6.45, 7) is 0. The minimum atomic E-state index is -0.545. The van der Waals surface area contributed by atoms with E-state index in [-0.39, 0.29) is 18.1 Å². The summed E-state index contributed by atoms with van der Waals surface area (Å²) >= 11 is 1.51. The number of methoxy groups -OCH3 is 1. The van der Waals surface area contributed by atoms with Crippen LogP contribution < -0.4 is 11.1 Å². The van der Waals surface area contributed by atoms with E-state index in [1.165, 1.54) is 11.3 Å². The zero-order valence-corrected chi connectivity index (χ0v) is 10.7. The van der Waals surface area contributed by atoms with Gasteiger partial charge in [0.15, 0.2) is 0 Å². The second kappa shape index (κ2) is 5.62. The van der Waals surface area contributed by atoms with E-state index in [2.05, 4.69) is 5.32 Å². The minimum absolute atomic E-state index is 0.0887. The fourth-order valence-corrected chi connectivity index (χ4v) is 2.90. The van der Waals surface area contributed by atoms with E-state index in [1.807, 2.05) is 17.5 Å². The lowest BCUT2D eigenvalue weighted by Gasteiger charge is -2.16. The lowest BCUT2D eigenvalue weighted by molar-refractivity contribution is -0.123. The van der Waals surface area contributed by atoms with Gasteiger partial charge in [0.05, 0.1) is 6.10 Å². The molecule has 1 aromatic rings. The van der Waals surface area contributed by atoms with E-state index in [0.29, 0.717) is 0 Å². The number of ether oxygens (including phenoxy) is 1. The highest BCUT2D eigenvalue weighted by atomic mass is 32.1. The van der Waals surface area contributed by atoms with Crippen LogP contribution in [0.15, 0.2) is 17.5 Å². The Morgan fingerprint density at radius 3 is 3.06 bits per heavy atom. The van der Waals surface area contributed by atoms with Gasteiger partial charge in [0.1, 0.15) is 6.04 Å². The molecule has 1 fully saturated rings. The Hall–Kier alpha value is -0.910. The molecule has 94 valence electrons. The van der Waals surface area contributed by atoms with Gasteiger partial charge in [-0.05, 0) is 30.7 Å². The normalized spacial score (nSPS) is 25.8. The molecule has 0 bridgehead atoms. The Labute approximate surface area is 105 Å². The third-order valence-corrected chi connectivity index (χ3v) is 4.15. The van der Waals surface area contributed by atoms with Crippen LogP contribution in [0, 0.1) is 0 Å². The van der Waals surface area contributed by atoms with Crippen molar-refractivity contribution >= 4 is 17.2 Å². The molecule has 1 amide bonds. The van der Waals surface area contributed by atoms with Gasteiger partial charge in [0, 0.05) is 18.0 Å². The Morgan fingerprint density at radius 2 is 2.47 bits per heavy atom. The number of amides is 1. The molecule has 0 spiro atoms. The predicted octanol–water partition coefficient (Wildman–Crippen LogP) is 1.43. The number of carbonyl (C=O) groups excluding carboxylic acids is 1. The lowest BCUT2D eigenvalue weighted by Crippen LogP contribution is -2.39. The number of thiophene rings is 1. The van der Waals surface area contributed by atoms with Crippen molar-refractivity contribution in [3.63, 3.8) is 0 Å². The summed E-state index contributed by atoms with van der Waals surface area (Å²) in [4.78, 5) is 12.8. The Bertz CT molecular complexity index is 367. The predicted molar refractivity (Wildman–Crippen MR) is 67.8 cm³/mol. The maximum atomic E-state index is 11.9. The monoisotopic (exact) mass is 254 g/mol. The van der Waals surface area contributed by atoms with Crippen molar-refractivity contribution in [1.29, 1.82) is 0 Å². The topological polar surface area (TPSA) is 64.3 Å². The van der Waals surface area contributed by atoms with Gasteiger partial charge in [-0.1, -0.05) is 6.07 Å². The van der Waals surface area contributed by atoms with Gasteiger partial charge in [0.25, 0.3) is 0 Å². The number of rotatable bonds is 4. The number of hydrogen-bond acceptors (Lipinski definition) is 4. The second-order valence-electron chi connectivity index (χ2n) is 4.37. The van der Waals surface area contributed by atoms with Crippen LogP contribution in [0.2, 0.25) is 0 Å². The quantitative estimate of drug-likeness (QED) is 0.854. The van der Waals surface area contributed by atoms with Gasteiger partial charge in [-0.25, -0.2) is 0 Å². The zero-order valence-electron chi connectivity index (χ0n) is 9.89. The molecule has 0 aromatic carbocycles. The van der Waals surface area contributed by atoms with E-state index in [4.69, 9.17) is 10.5 Å². The van der Waals surface area contributed by atoms with E-state index in [9.17, 15) is 4.79 Å². The van der Waals surface area contributed by atoms with Crippen molar-refractivity contribution < 1.29 is 9.53 Å². The first-order chi connectivity index (χ1) is 8.20. The van der Waals surface area contributed by atoms with E-state index in [1.54, 1.807) is 7.11 Å². The van der Waals surface area contributed by atoms with Crippen LogP contribution in [0.1, 0.15) is 30.2 Å². The van der Waals surface area contributed by atoms with Crippen molar-refractivity contribution in [3.8, 4) is 0 Å². The molecule has 3 atom stereocenters. The largest absolute Gasteiger partial charge is 0.381 e. The molecule has 1 saturated carbocycles. The van der Waals surface area contributed by atoms with Gasteiger partial charge in [-0.3, -0.25) is 4.79 Å². The summed E-state index contributed by atoms with van der Waals surface area (Å²) < 4.78 is 5.28. The molecular weight excluding hydrogens is 236 g/mol. The number of nitrogens with two attached hydrogens (primary N) is 1. The average Bonchev–Trinajstić information content (AvgIpc) is 2.98. The van der Waals surface area contributed by atoms with Crippen LogP contribution in [0.4, 0.5) is 0 Å². The SMILES string of the molecule is COC1CCC(NC(=O)C(N)c2cccs2)C1. The molecule has 3 N–H and O–H groups in total. The van der Waals surface area contributed by atoms with E-state index >= 15 is 0 Å². The molecule has 2 rings (SSSR count). The van der Waals surface area contributed by atoms with Crippen molar-refractivity contribution in [2.24, 2.45) is 5.73 Å². The van der Waals surface area contributed by atoms with Gasteiger partial charge in [0.2, 0.25) is 5.91 Å². The molecule has 1 aliphatic carbocycles. The van der Waals surface area contributed by atoms with Crippen molar-refractivity contribution in [2.75, 3.05) is 7.11 Å². The molecule has 0 saturated heterocycles. The molecule has 1 aliphatic rings. The highest BCUT2D eigenvalue weighted by Gasteiger charge is 2.27. The minimum Gasteiger partial charge on any atom is -0.381 e. The van der Waals surface area contributed by atoms with E-state index in [0.717, 1.165) is 24.1 Å². The molecule has 17 heavy (non-hydrogen) atoms. The summed E-state index contributed by atoms with van der Waals surface area (Å²) in [7, 11) is 1.71. The Balaban J connectivity index is 1.85. The van der Waals surface area contributed by atoms with Crippen LogP contribution >= 0.6 is 11.3 Å². The first-order valence-electron chi connectivity index (χ1n) is 5.83. The van der Waals surface area contributed by atoms with Gasteiger partial charge in [-0.15, -0.1) is 11.3 Å². The maximum absolute atomic E-state index is 11.9. The fourth-order valence-electron chi connectivity index (χ4n) is 2.17. The molecule has 3 unspecified atom stereocenters. The van der Waals surface area contributed by atoms with Gasteiger partial charge in [-0.2, -0.15) is 0 Å². The van der Waals surface area contributed by atoms with Crippen molar-refractivity contribution in [3.05, 3.63) is 22.4 Å². The molecule has 0 aliphatic heterocycles. The van der Waals surface area contributed by atoms with Crippen LogP contribution in [0.25, 0.3) is 0 Å². The first kappa shape index (κ1) is 12.5. The van der Waals surface area contributed by atoms with Gasteiger partial charge < -0.3 is 15.8 Å². The average molecular weight is 254 g/mol. The van der Waals surface area contributed by atoms with Crippen LogP contribution in [0.3, 0.4) is 0 Å². The Morgan fingerprint density at radius 1 is 1.65 bits per heavy atom. The number of nitrogens with one attached hydrogen (secondary N) is 1. The lowest BCUT2D eigenvalue weighted by atomic mass is 10.2. The van der Waals surface area contributed by atoms with Crippen molar-refractivity contribution in [2.45, 2.75) is 37.5 Å². The summed E-state index contributed by atoms with van der Waals surface area (Å²) in [6.07, 6.45) is 3.15. The first-order valence-corrected chi connectivity index (χ1v) is 6.71. The number of hydrogen-bond donors (Lipinski definition) is 2. The summed E-state index contributed by atoms with van der Waals surface area (Å²) in [6, 6.07) is 3.46. The highest BCUT2D eigenvalue weighted by molar-refractivity contribution is 7.10. The third-order valence-electron chi connectivity index (χ3n) is 3.20. The standard InChI is InChI=1S/C12H18N2O2S/c1-16-9-5-4-8(7-9)14-12(15)11(13)10-3-2-6-17-10/h2-3,6,8-9,11H,4-5,7,13H2,1H3,(H,14,15). The van der Waals surface area contributed by atoms with Crippen LogP contribution in [0.5, 0.6) is 0 Å². The second-order valence-corrected chi connectivity index (χ2v) is 5.35. The fraction of sp³-hybridized carbons (Fsp3) is 0.583. The van der Waals surface area contributed by atoms with Crippen LogP contribution in [-0.4, -0.2) is 25.2 Å². The molecular formula is C12H18N2O2S. The summed E-state index contributed by atoms with van der Waals surface area (Å²) in [5, 5.41) is 4.92. The Kier molecular flexibility index (Phi) is 4.15. The van der Waals surface area contributed by atoms with Crippen molar-refractivity contribution in [1.82, 2.24) is 5.32 Å². The number of carbonyl (C=O) groups is 1. The molecule has 4 nitrogen and oxygen atoms in total. The molecule has 1 heterocycles. The smallest absolute Gasteiger partial charge is 0.242 e. The highest BCUT2D eigenvalue weighted by Crippen LogP contribution is 2.23. The third kappa shape index (κ3) is 3.06.